The van der Waals surface area contributed by atoms with E-state index in [1.165, 1.54) is 0 Å². The summed E-state index contributed by atoms with van der Waals surface area (Å²) in [4.78, 5) is 34.0. The third-order valence-corrected chi connectivity index (χ3v) is 5.31. The van der Waals surface area contributed by atoms with Crippen LogP contribution in [0, 0.1) is 0 Å². The zero-order valence-electron chi connectivity index (χ0n) is 16.8. The van der Waals surface area contributed by atoms with E-state index >= 15 is 0 Å². The van der Waals surface area contributed by atoms with Crippen LogP contribution < -0.4 is 0 Å². The SMILES string of the molecule is CCCc1cc(C(=O)N2CCC(=O)N(Cc3ccccc3)C(CC)C2)ccn1. The highest BCUT2D eigenvalue weighted by atomic mass is 16.2. The molecule has 1 fully saturated rings. The number of rotatable bonds is 6. The van der Waals surface area contributed by atoms with Crippen molar-refractivity contribution in [2.45, 2.75) is 52.1 Å². The van der Waals surface area contributed by atoms with Gasteiger partial charge in [0.05, 0.1) is 0 Å². The zero-order valence-corrected chi connectivity index (χ0v) is 16.8. The fourth-order valence-corrected chi connectivity index (χ4v) is 3.74. The average molecular weight is 380 g/mol. The maximum Gasteiger partial charge on any atom is 0.254 e. The third kappa shape index (κ3) is 4.77. The molecule has 0 bridgehead atoms. The first-order valence-corrected chi connectivity index (χ1v) is 10.2. The van der Waals surface area contributed by atoms with Crippen molar-refractivity contribution in [3.63, 3.8) is 0 Å². The number of hydrogen-bond acceptors (Lipinski definition) is 3. The van der Waals surface area contributed by atoms with Crippen LogP contribution in [0.1, 0.15) is 54.7 Å². The number of aromatic nitrogens is 1. The lowest BCUT2D eigenvalue weighted by molar-refractivity contribution is -0.133. The lowest BCUT2D eigenvalue weighted by Crippen LogP contribution is -2.43. The van der Waals surface area contributed by atoms with Gasteiger partial charge in [-0.2, -0.15) is 0 Å². The first-order valence-electron chi connectivity index (χ1n) is 10.2. The first kappa shape index (κ1) is 20.1. The van der Waals surface area contributed by atoms with Gasteiger partial charge in [0.2, 0.25) is 5.91 Å². The van der Waals surface area contributed by atoms with E-state index in [9.17, 15) is 9.59 Å². The smallest absolute Gasteiger partial charge is 0.254 e. The van der Waals surface area contributed by atoms with Crippen LogP contribution in [0.5, 0.6) is 0 Å². The highest BCUT2D eigenvalue weighted by molar-refractivity contribution is 5.94. The Morgan fingerprint density at radius 1 is 1.18 bits per heavy atom. The van der Waals surface area contributed by atoms with Gasteiger partial charge in [-0.05, 0) is 30.5 Å². The van der Waals surface area contributed by atoms with E-state index in [0.717, 1.165) is 30.5 Å². The minimum absolute atomic E-state index is 0.00689. The second kappa shape index (κ2) is 9.49. The Morgan fingerprint density at radius 2 is 1.96 bits per heavy atom. The van der Waals surface area contributed by atoms with E-state index in [2.05, 4.69) is 18.8 Å². The van der Waals surface area contributed by atoms with Crippen molar-refractivity contribution in [1.29, 1.82) is 0 Å². The quantitative estimate of drug-likeness (QED) is 0.769. The Hall–Kier alpha value is -2.69. The van der Waals surface area contributed by atoms with Crippen LogP contribution in [0.4, 0.5) is 0 Å². The summed E-state index contributed by atoms with van der Waals surface area (Å²) in [5, 5.41) is 0. The number of carbonyl (C=O) groups is 2. The van der Waals surface area contributed by atoms with Crippen molar-refractivity contribution in [2.24, 2.45) is 0 Å². The Bertz CT molecular complexity index is 807. The van der Waals surface area contributed by atoms with Crippen molar-refractivity contribution in [3.05, 3.63) is 65.5 Å². The zero-order chi connectivity index (χ0) is 19.9. The van der Waals surface area contributed by atoms with Crippen molar-refractivity contribution < 1.29 is 9.59 Å². The number of benzene rings is 1. The minimum Gasteiger partial charge on any atom is -0.336 e. The van der Waals surface area contributed by atoms with Gasteiger partial charge in [-0.3, -0.25) is 14.6 Å². The van der Waals surface area contributed by atoms with Crippen molar-refractivity contribution >= 4 is 11.8 Å². The van der Waals surface area contributed by atoms with Crippen LogP contribution in [0.3, 0.4) is 0 Å². The monoisotopic (exact) mass is 379 g/mol. The van der Waals surface area contributed by atoms with Crippen LogP contribution in [-0.4, -0.2) is 45.7 Å². The second-order valence-corrected chi connectivity index (χ2v) is 7.36. The number of hydrogen-bond donors (Lipinski definition) is 0. The number of nitrogens with zero attached hydrogens (tertiary/aromatic N) is 3. The van der Waals surface area contributed by atoms with Gasteiger partial charge < -0.3 is 9.80 Å². The highest BCUT2D eigenvalue weighted by Crippen LogP contribution is 2.19. The molecule has 1 atom stereocenters. The molecule has 0 aliphatic carbocycles. The lowest BCUT2D eigenvalue weighted by Gasteiger charge is -2.31. The molecule has 1 aliphatic rings. The molecule has 2 amide bonds. The van der Waals surface area contributed by atoms with E-state index in [-0.39, 0.29) is 17.9 Å². The molecule has 28 heavy (non-hydrogen) atoms. The molecule has 0 N–H and O–H groups in total. The molecule has 3 rings (SSSR count). The van der Waals surface area contributed by atoms with Gasteiger partial charge in [-0.25, -0.2) is 0 Å². The normalized spacial score (nSPS) is 17.5. The molecule has 0 radical (unpaired) electrons. The number of carbonyl (C=O) groups excluding carboxylic acids is 2. The van der Waals surface area contributed by atoms with Gasteiger partial charge in [0.1, 0.15) is 0 Å². The molecule has 1 aliphatic heterocycles. The van der Waals surface area contributed by atoms with Crippen molar-refractivity contribution in [2.75, 3.05) is 13.1 Å². The molecule has 2 aromatic rings. The molecule has 5 nitrogen and oxygen atoms in total. The van der Waals surface area contributed by atoms with Gasteiger partial charge >= 0.3 is 0 Å². The summed E-state index contributed by atoms with van der Waals surface area (Å²) in [6.07, 6.45) is 4.75. The van der Waals surface area contributed by atoms with Crippen LogP contribution in [0.2, 0.25) is 0 Å². The molecule has 1 aromatic carbocycles. The standard InChI is InChI=1S/C23H29N3O2/c1-3-8-20-15-19(11-13-24-20)23(28)25-14-12-22(27)26(21(4-2)17-25)16-18-9-6-5-7-10-18/h5-7,9-11,13,15,21H,3-4,8,12,14,16-17H2,1-2H3. The number of pyridine rings is 1. The van der Waals surface area contributed by atoms with Gasteiger partial charge in [0.25, 0.3) is 5.91 Å². The van der Waals surface area contributed by atoms with Crippen LogP contribution in [0.25, 0.3) is 0 Å². The molecule has 2 heterocycles. The van der Waals surface area contributed by atoms with E-state index in [1.807, 2.05) is 46.2 Å². The Labute approximate surface area is 167 Å². The topological polar surface area (TPSA) is 53.5 Å². The van der Waals surface area contributed by atoms with E-state index in [0.29, 0.717) is 31.6 Å². The molecule has 5 heteroatoms. The van der Waals surface area contributed by atoms with Crippen LogP contribution in [0.15, 0.2) is 48.7 Å². The van der Waals surface area contributed by atoms with Crippen LogP contribution in [-0.2, 0) is 17.8 Å². The summed E-state index contributed by atoms with van der Waals surface area (Å²) in [7, 11) is 0. The summed E-state index contributed by atoms with van der Waals surface area (Å²) in [5.41, 5.74) is 2.72. The van der Waals surface area contributed by atoms with Crippen LogP contribution >= 0.6 is 0 Å². The molecule has 0 spiro atoms. The van der Waals surface area contributed by atoms with Gasteiger partial charge in [-0.15, -0.1) is 0 Å². The summed E-state index contributed by atoms with van der Waals surface area (Å²) in [5.74, 6) is 0.111. The Morgan fingerprint density at radius 3 is 2.68 bits per heavy atom. The molecule has 1 unspecified atom stereocenters. The molecule has 1 aromatic heterocycles. The predicted molar refractivity (Wildman–Crippen MR) is 110 cm³/mol. The summed E-state index contributed by atoms with van der Waals surface area (Å²) in [6, 6.07) is 13.7. The van der Waals surface area contributed by atoms with E-state index in [4.69, 9.17) is 0 Å². The second-order valence-electron chi connectivity index (χ2n) is 7.36. The maximum atomic E-state index is 13.1. The van der Waals surface area contributed by atoms with Gasteiger partial charge in [0.15, 0.2) is 0 Å². The number of aryl methyl sites for hydroxylation is 1. The first-order chi connectivity index (χ1) is 13.6. The Balaban J connectivity index is 1.77. The molecular weight excluding hydrogens is 350 g/mol. The van der Waals surface area contributed by atoms with Crippen molar-refractivity contribution in [1.82, 2.24) is 14.8 Å². The highest BCUT2D eigenvalue weighted by Gasteiger charge is 2.31. The summed E-state index contributed by atoms with van der Waals surface area (Å²) >= 11 is 0. The summed E-state index contributed by atoms with van der Waals surface area (Å²) < 4.78 is 0. The molecule has 1 saturated heterocycles. The van der Waals surface area contributed by atoms with E-state index in [1.54, 1.807) is 12.3 Å². The van der Waals surface area contributed by atoms with Gasteiger partial charge in [0, 0.05) is 49.6 Å². The predicted octanol–water partition coefficient (Wildman–Crippen LogP) is 3.69. The lowest BCUT2D eigenvalue weighted by atomic mass is 10.1. The maximum absolute atomic E-state index is 13.1. The largest absolute Gasteiger partial charge is 0.336 e. The summed E-state index contributed by atoms with van der Waals surface area (Å²) in [6.45, 7) is 5.81. The molecule has 0 saturated carbocycles. The number of amides is 2. The fourth-order valence-electron chi connectivity index (χ4n) is 3.74. The Kier molecular flexibility index (Phi) is 6.80. The molecule has 148 valence electrons. The van der Waals surface area contributed by atoms with E-state index < -0.39 is 0 Å². The molecular formula is C23H29N3O2. The van der Waals surface area contributed by atoms with Gasteiger partial charge in [-0.1, -0.05) is 50.6 Å². The van der Waals surface area contributed by atoms with Crippen molar-refractivity contribution in [3.8, 4) is 0 Å². The third-order valence-electron chi connectivity index (χ3n) is 5.31. The minimum atomic E-state index is -0.00689. The fraction of sp³-hybridized carbons (Fsp3) is 0.435. The average Bonchev–Trinajstić information content (AvgIpc) is 2.88.